The topological polar surface area (TPSA) is 88.8 Å². The van der Waals surface area contributed by atoms with Gasteiger partial charge in [0.25, 0.3) is 0 Å². The fourth-order valence-corrected chi connectivity index (χ4v) is 2.97. The van der Waals surface area contributed by atoms with Crippen LogP contribution in [0, 0.1) is 17.2 Å². The Morgan fingerprint density at radius 3 is 2.28 bits per heavy atom. The molecule has 1 N–H and O–H groups in total. The lowest BCUT2D eigenvalue weighted by Crippen LogP contribution is -2.24. The third-order valence-electron chi connectivity index (χ3n) is 4.36. The molecule has 0 saturated heterocycles. The Morgan fingerprint density at radius 2 is 1.72 bits per heavy atom. The van der Waals surface area contributed by atoms with Crippen LogP contribution in [-0.4, -0.2) is 38.0 Å². The molecular formula is C22H24ClNO5. The van der Waals surface area contributed by atoms with Crippen molar-refractivity contribution in [3.8, 4) is 17.6 Å². The summed E-state index contributed by atoms with van der Waals surface area (Å²) in [6, 6.07) is 14.4. The van der Waals surface area contributed by atoms with E-state index >= 15 is 0 Å². The maximum absolute atomic E-state index is 10.8. The molecule has 0 aliphatic rings. The minimum absolute atomic E-state index is 0.0139. The summed E-state index contributed by atoms with van der Waals surface area (Å²) in [4.78, 5) is 10.8. The van der Waals surface area contributed by atoms with E-state index < -0.39 is 5.97 Å². The molecular weight excluding hydrogens is 394 g/mol. The van der Waals surface area contributed by atoms with E-state index in [1.165, 1.54) is 0 Å². The summed E-state index contributed by atoms with van der Waals surface area (Å²) >= 11 is 6.03. The molecule has 0 bridgehead atoms. The molecule has 0 heterocycles. The second-order valence-corrected chi connectivity index (χ2v) is 7.17. The zero-order chi connectivity index (χ0) is 21.2. The summed E-state index contributed by atoms with van der Waals surface area (Å²) in [5, 5.41) is 18.2. The summed E-state index contributed by atoms with van der Waals surface area (Å²) in [6.07, 6.45) is 0.0901. The first kappa shape index (κ1) is 22.5. The lowest BCUT2D eigenvalue weighted by molar-refractivity contribution is -0.137. The Labute approximate surface area is 175 Å². The number of carboxylic acid groups (broad SMARTS) is 1. The molecule has 0 amide bonds. The molecule has 6 nitrogen and oxygen atoms in total. The monoisotopic (exact) mass is 417 g/mol. The number of methoxy groups -OCH3 is 1. The van der Waals surface area contributed by atoms with Crippen LogP contribution in [0.5, 0.6) is 11.5 Å². The predicted octanol–water partition coefficient (Wildman–Crippen LogP) is 4.51. The van der Waals surface area contributed by atoms with Crippen LogP contribution < -0.4 is 9.47 Å². The largest absolute Gasteiger partial charge is 0.493 e. The highest BCUT2D eigenvalue weighted by molar-refractivity contribution is 6.31. The van der Waals surface area contributed by atoms with Crippen LogP contribution in [0.3, 0.4) is 0 Å². The van der Waals surface area contributed by atoms with Crippen LogP contribution in [0.25, 0.3) is 0 Å². The molecule has 2 unspecified atom stereocenters. The second kappa shape index (κ2) is 11.3. The number of carboxylic acids is 1. The lowest BCUT2D eigenvalue weighted by atomic mass is 9.98. The van der Waals surface area contributed by atoms with Gasteiger partial charge in [-0.3, -0.25) is 4.79 Å². The van der Waals surface area contributed by atoms with E-state index in [-0.39, 0.29) is 18.3 Å². The maximum atomic E-state index is 10.8. The molecule has 0 fully saturated rings. The van der Waals surface area contributed by atoms with Crippen LogP contribution in [0.4, 0.5) is 0 Å². The average molecular weight is 418 g/mol. The Morgan fingerprint density at radius 1 is 1.10 bits per heavy atom. The summed E-state index contributed by atoms with van der Waals surface area (Å²) < 4.78 is 16.9. The maximum Gasteiger partial charge on any atom is 0.303 e. The third-order valence-corrected chi connectivity index (χ3v) is 4.68. The molecule has 0 spiro atoms. The fraction of sp³-hybridized carbons (Fsp3) is 0.364. The summed E-state index contributed by atoms with van der Waals surface area (Å²) in [7, 11) is 1.62. The molecule has 0 aliphatic carbocycles. The molecule has 0 aliphatic heterocycles. The molecule has 154 valence electrons. The molecule has 7 heteroatoms. The van der Waals surface area contributed by atoms with Crippen LogP contribution in [-0.2, 0) is 9.53 Å². The number of ether oxygens (including phenoxy) is 3. The van der Waals surface area contributed by atoms with Gasteiger partial charge in [0.2, 0.25) is 0 Å². The van der Waals surface area contributed by atoms with E-state index in [1.807, 2.05) is 37.3 Å². The van der Waals surface area contributed by atoms with Crippen molar-refractivity contribution < 1.29 is 24.1 Å². The highest BCUT2D eigenvalue weighted by Crippen LogP contribution is 2.24. The Kier molecular flexibility index (Phi) is 8.78. The molecule has 2 atom stereocenters. The van der Waals surface area contributed by atoms with Gasteiger partial charge in [-0.15, -0.1) is 0 Å². The minimum atomic E-state index is -0.816. The normalized spacial score (nSPS) is 12.6. The van der Waals surface area contributed by atoms with Gasteiger partial charge < -0.3 is 19.3 Å². The van der Waals surface area contributed by atoms with Gasteiger partial charge in [0.15, 0.2) is 0 Å². The predicted molar refractivity (Wildman–Crippen MR) is 110 cm³/mol. The first-order valence-corrected chi connectivity index (χ1v) is 9.56. The highest BCUT2D eigenvalue weighted by atomic mass is 35.5. The molecule has 29 heavy (non-hydrogen) atoms. The minimum Gasteiger partial charge on any atom is -0.493 e. The number of carbonyl (C=O) groups is 1. The first-order chi connectivity index (χ1) is 13.9. The van der Waals surface area contributed by atoms with Crippen LogP contribution in [0.1, 0.15) is 30.4 Å². The van der Waals surface area contributed by atoms with Crippen molar-refractivity contribution >= 4 is 17.6 Å². The van der Waals surface area contributed by atoms with Gasteiger partial charge >= 0.3 is 5.97 Å². The van der Waals surface area contributed by atoms with Gasteiger partial charge in [-0.1, -0.05) is 30.7 Å². The first-order valence-electron chi connectivity index (χ1n) is 9.18. The number of nitriles is 1. The van der Waals surface area contributed by atoms with Crippen molar-refractivity contribution in [3.63, 3.8) is 0 Å². The Bertz CT molecular complexity index is 847. The number of halogens is 1. The van der Waals surface area contributed by atoms with E-state index in [9.17, 15) is 4.79 Å². The van der Waals surface area contributed by atoms with Gasteiger partial charge in [0.1, 0.15) is 17.6 Å². The van der Waals surface area contributed by atoms with Crippen LogP contribution >= 0.6 is 11.6 Å². The second-order valence-electron chi connectivity index (χ2n) is 6.76. The number of aliphatic carboxylic acids is 1. The SMILES string of the molecule is COCC(COc1ccc(C(C)CC(=O)O)cc1)COc1ccc(C#N)c(Cl)c1. The smallest absolute Gasteiger partial charge is 0.303 e. The molecule has 2 aromatic rings. The van der Waals surface area contributed by atoms with E-state index in [2.05, 4.69) is 0 Å². The van der Waals surface area contributed by atoms with Crippen molar-refractivity contribution in [1.82, 2.24) is 0 Å². The van der Waals surface area contributed by atoms with E-state index in [4.69, 9.17) is 36.2 Å². The van der Waals surface area contributed by atoms with Crippen LogP contribution in [0.2, 0.25) is 5.02 Å². The molecule has 0 aromatic heterocycles. The van der Waals surface area contributed by atoms with Crippen molar-refractivity contribution in [2.45, 2.75) is 19.3 Å². The summed E-state index contributed by atoms with van der Waals surface area (Å²) in [6.45, 7) is 3.09. The van der Waals surface area contributed by atoms with Gasteiger partial charge in [0, 0.05) is 13.2 Å². The van der Waals surface area contributed by atoms with E-state index in [0.29, 0.717) is 41.9 Å². The Balaban J connectivity index is 1.89. The van der Waals surface area contributed by atoms with E-state index in [1.54, 1.807) is 25.3 Å². The summed E-state index contributed by atoms with van der Waals surface area (Å²) in [5.41, 5.74) is 1.35. The van der Waals surface area contributed by atoms with Gasteiger partial charge in [-0.05, 0) is 35.7 Å². The molecule has 0 saturated carbocycles. The Hall–Kier alpha value is -2.75. The van der Waals surface area contributed by atoms with Crippen molar-refractivity contribution in [2.24, 2.45) is 5.92 Å². The van der Waals surface area contributed by atoms with Crippen molar-refractivity contribution in [3.05, 3.63) is 58.6 Å². The zero-order valence-corrected chi connectivity index (χ0v) is 17.2. The van der Waals surface area contributed by atoms with Gasteiger partial charge in [0.05, 0.1) is 42.7 Å². The van der Waals surface area contributed by atoms with Gasteiger partial charge in [-0.2, -0.15) is 5.26 Å². The number of benzene rings is 2. The van der Waals surface area contributed by atoms with E-state index in [0.717, 1.165) is 5.56 Å². The zero-order valence-electron chi connectivity index (χ0n) is 16.4. The molecule has 2 rings (SSSR count). The molecule has 2 aromatic carbocycles. The quantitative estimate of drug-likeness (QED) is 0.578. The van der Waals surface area contributed by atoms with Crippen molar-refractivity contribution in [2.75, 3.05) is 26.9 Å². The third kappa shape index (κ3) is 7.30. The number of hydrogen-bond acceptors (Lipinski definition) is 5. The highest BCUT2D eigenvalue weighted by Gasteiger charge is 2.13. The van der Waals surface area contributed by atoms with Crippen molar-refractivity contribution in [1.29, 1.82) is 5.26 Å². The lowest BCUT2D eigenvalue weighted by Gasteiger charge is -2.18. The average Bonchev–Trinajstić information content (AvgIpc) is 2.70. The van der Waals surface area contributed by atoms with Gasteiger partial charge in [-0.25, -0.2) is 0 Å². The number of rotatable bonds is 11. The fourth-order valence-electron chi connectivity index (χ4n) is 2.76. The van der Waals surface area contributed by atoms with Crippen LogP contribution in [0.15, 0.2) is 42.5 Å². The summed E-state index contributed by atoms with van der Waals surface area (Å²) in [5.74, 6) is 0.380. The number of nitrogens with zero attached hydrogens (tertiary/aromatic N) is 1. The standard InChI is InChI=1S/C22H24ClNO5/c1-15(9-22(25)26)17-3-6-19(7-4-17)28-13-16(12-27-2)14-29-20-8-5-18(11-24)21(23)10-20/h3-8,10,15-16H,9,12-14H2,1-2H3,(H,25,26). The number of hydrogen-bond donors (Lipinski definition) is 1. The molecule has 0 radical (unpaired) electrons.